The van der Waals surface area contributed by atoms with Gasteiger partial charge in [0.25, 0.3) is 20.1 Å². The lowest BCUT2D eigenvalue weighted by Gasteiger charge is -2.15. The molecule has 2 aromatic carbocycles. The molecule has 0 N–H and O–H groups in total. The minimum atomic E-state index is -4.23. The van der Waals surface area contributed by atoms with Gasteiger partial charge in [0.05, 0.1) is 32.7 Å². The zero-order chi connectivity index (χ0) is 20.3. The lowest BCUT2D eigenvalue weighted by molar-refractivity contribution is 0.254. The fraction of sp³-hybridized carbons (Fsp3) is 0.294. The summed E-state index contributed by atoms with van der Waals surface area (Å²) in [5.74, 6) is -0.394. The molecule has 0 saturated carbocycles. The van der Waals surface area contributed by atoms with Crippen LogP contribution in [0.3, 0.4) is 0 Å². The fourth-order valence-corrected chi connectivity index (χ4v) is 7.27. The summed E-state index contributed by atoms with van der Waals surface area (Å²) in [5.41, 5.74) is 0.868. The fourth-order valence-electron chi connectivity index (χ4n) is 2.36. The van der Waals surface area contributed by atoms with Crippen molar-refractivity contribution in [3.05, 3.63) is 60.2 Å². The number of sulfonamides is 1. The average molecular weight is 432 g/mol. The Balaban J connectivity index is 2.57. The van der Waals surface area contributed by atoms with Gasteiger partial charge in [-0.2, -0.15) is 16.8 Å². The Morgan fingerprint density at radius 3 is 1.96 bits per heavy atom. The number of rotatable bonds is 7. The number of hydrogen-bond acceptors (Lipinski definition) is 6. The molecule has 1 unspecified atom stereocenters. The van der Waals surface area contributed by atoms with Crippen LogP contribution in [0, 0.1) is 6.92 Å². The van der Waals surface area contributed by atoms with Crippen molar-refractivity contribution >= 4 is 29.9 Å². The molecule has 0 aliphatic carbocycles. The van der Waals surface area contributed by atoms with E-state index in [0.29, 0.717) is 0 Å². The molecular formula is C17H21NO6S3. The lowest BCUT2D eigenvalue weighted by Crippen LogP contribution is -2.24. The van der Waals surface area contributed by atoms with E-state index in [2.05, 4.69) is 3.77 Å². The van der Waals surface area contributed by atoms with Crippen molar-refractivity contribution in [1.29, 1.82) is 0 Å². The molecule has 0 spiro atoms. The standard InChI is InChI=1S/C17H21NO6S3/c1-14-9-11-17(12-10-14)27(22,23)18-26(21,16-7-5-4-6-8-16)13-15(2)24-25(3,19)20/h4-12,15H,13H2,1-3H3/t15-,26?/m1/s1. The second-order valence-corrected chi connectivity index (χ2v) is 11.8. The van der Waals surface area contributed by atoms with Gasteiger partial charge in [0, 0.05) is 4.90 Å². The smallest absolute Gasteiger partial charge is 0.266 e. The third-order valence-corrected chi connectivity index (χ3v) is 8.67. The van der Waals surface area contributed by atoms with Gasteiger partial charge >= 0.3 is 0 Å². The summed E-state index contributed by atoms with van der Waals surface area (Å²) < 4.78 is 70.1. The van der Waals surface area contributed by atoms with E-state index in [1.54, 1.807) is 30.3 Å². The molecule has 0 amide bonds. The molecule has 2 aromatic rings. The van der Waals surface area contributed by atoms with E-state index < -0.39 is 41.7 Å². The first-order valence-corrected chi connectivity index (χ1v) is 12.9. The maximum Gasteiger partial charge on any atom is 0.290 e. The Morgan fingerprint density at radius 2 is 1.44 bits per heavy atom. The third kappa shape index (κ3) is 6.13. The summed E-state index contributed by atoms with van der Waals surface area (Å²) in [6, 6.07) is 13.9. The van der Waals surface area contributed by atoms with E-state index in [4.69, 9.17) is 4.18 Å². The molecule has 0 radical (unpaired) electrons. The van der Waals surface area contributed by atoms with Crippen molar-refractivity contribution in [1.82, 2.24) is 0 Å². The molecule has 0 saturated heterocycles. The molecule has 27 heavy (non-hydrogen) atoms. The van der Waals surface area contributed by atoms with E-state index in [9.17, 15) is 21.0 Å². The van der Waals surface area contributed by atoms with Crippen LogP contribution in [0.15, 0.2) is 68.2 Å². The largest absolute Gasteiger partial charge is 0.290 e. The van der Waals surface area contributed by atoms with E-state index in [-0.39, 0.29) is 9.79 Å². The molecule has 0 fully saturated rings. The van der Waals surface area contributed by atoms with Gasteiger partial charge in [0.2, 0.25) is 0 Å². The van der Waals surface area contributed by atoms with Gasteiger partial charge in [-0.1, -0.05) is 35.9 Å². The minimum Gasteiger partial charge on any atom is -0.266 e. The van der Waals surface area contributed by atoms with Crippen molar-refractivity contribution in [2.24, 2.45) is 3.77 Å². The average Bonchev–Trinajstić information content (AvgIpc) is 2.53. The van der Waals surface area contributed by atoms with Crippen molar-refractivity contribution < 1.29 is 25.2 Å². The minimum absolute atomic E-state index is 0.0894. The summed E-state index contributed by atoms with van der Waals surface area (Å²) >= 11 is 0. The Hall–Kier alpha value is -1.75. The number of benzene rings is 2. The van der Waals surface area contributed by atoms with Crippen molar-refractivity contribution in [3.63, 3.8) is 0 Å². The van der Waals surface area contributed by atoms with Gasteiger partial charge in [-0.15, -0.1) is 3.77 Å². The third-order valence-electron chi connectivity index (χ3n) is 3.45. The van der Waals surface area contributed by atoms with E-state index in [1.165, 1.54) is 31.2 Å². The van der Waals surface area contributed by atoms with Crippen molar-refractivity contribution in [2.75, 3.05) is 12.0 Å². The summed E-state index contributed by atoms with van der Waals surface area (Å²) in [4.78, 5) is 0.0954. The normalized spacial score (nSPS) is 15.7. The molecule has 2 atom stereocenters. The van der Waals surface area contributed by atoms with Crippen LogP contribution in [-0.4, -0.2) is 39.2 Å². The monoisotopic (exact) mass is 431 g/mol. The van der Waals surface area contributed by atoms with Gasteiger partial charge in [-0.3, -0.25) is 4.18 Å². The van der Waals surface area contributed by atoms with Crippen LogP contribution in [0.5, 0.6) is 0 Å². The molecular weight excluding hydrogens is 410 g/mol. The highest BCUT2D eigenvalue weighted by molar-refractivity contribution is 8.03. The van der Waals surface area contributed by atoms with E-state index in [0.717, 1.165) is 11.8 Å². The molecule has 0 bridgehead atoms. The van der Waals surface area contributed by atoms with Crippen molar-refractivity contribution in [2.45, 2.75) is 29.7 Å². The molecule has 2 rings (SSSR count). The maximum atomic E-state index is 13.5. The second kappa shape index (κ2) is 8.09. The van der Waals surface area contributed by atoms with Crippen LogP contribution in [0.2, 0.25) is 0 Å². The second-order valence-electron chi connectivity index (χ2n) is 6.09. The van der Waals surface area contributed by atoms with Gasteiger partial charge in [0.15, 0.2) is 0 Å². The van der Waals surface area contributed by atoms with Crippen LogP contribution < -0.4 is 0 Å². The van der Waals surface area contributed by atoms with Crippen LogP contribution in [0.4, 0.5) is 0 Å². The molecule has 10 heteroatoms. The highest BCUT2D eigenvalue weighted by Crippen LogP contribution is 2.22. The highest BCUT2D eigenvalue weighted by Gasteiger charge is 2.25. The predicted octanol–water partition coefficient (Wildman–Crippen LogP) is 2.58. The van der Waals surface area contributed by atoms with Crippen LogP contribution in [0.1, 0.15) is 12.5 Å². The first-order valence-electron chi connectivity index (χ1n) is 7.92. The Labute approximate surface area is 160 Å². The first-order chi connectivity index (χ1) is 12.4. The highest BCUT2D eigenvalue weighted by atomic mass is 32.3. The van der Waals surface area contributed by atoms with Gasteiger partial charge in [-0.05, 0) is 38.1 Å². The Bertz CT molecular complexity index is 1110. The van der Waals surface area contributed by atoms with Crippen LogP contribution in [0.25, 0.3) is 0 Å². The quantitative estimate of drug-likeness (QED) is 0.624. The van der Waals surface area contributed by atoms with Gasteiger partial charge in [0.1, 0.15) is 0 Å². The first kappa shape index (κ1) is 21.5. The van der Waals surface area contributed by atoms with Gasteiger partial charge < -0.3 is 0 Å². The topological polar surface area (TPSA) is 107 Å². The summed E-state index contributed by atoms with van der Waals surface area (Å²) in [5, 5.41) is 0. The number of hydrogen-bond donors (Lipinski definition) is 0. The lowest BCUT2D eigenvalue weighted by atomic mass is 10.2. The molecule has 0 heterocycles. The molecule has 148 valence electrons. The Kier molecular flexibility index (Phi) is 6.46. The molecule has 0 aromatic heterocycles. The number of aryl methyl sites for hydroxylation is 1. The molecule has 7 nitrogen and oxygen atoms in total. The van der Waals surface area contributed by atoms with Crippen LogP contribution in [-0.2, 0) is 34.1 Å². The van der Waals surface area contributed by atoms with E-state index in [1.807, 2.05) is 6.92 Å². The SMILES string of the molecule is Cc1ccc(S(=O)(=O)N=S(=O)(C[C@@H](C)OS(C)(=O)=O)c2ccccc2)cc1. The van der Waals surface area contributed by atoms with Crippen molar-refractivity contribution in [3.8, 4) is 0 Å². The summed E-state index contributed by atoms with van der Waals surface area (Å²) in [7, 11) is -11.5. The predicted molar refractivity (Wildman–Crippen MR) is 104 cm³/mol. The van der Waals surface area contributed by atoms with Crippen LogP contribution >= 0.6 is 0 Å². The Morgan fingerprint density at radius 1 is 0.889 bits per heavy atom. The molecule has 0 aliphatic rings. The van der Waals surface area contributed by atoms with E-state index >= 15 is 0 Å². The molecule has 0 aliphatic heterocycles. The number of nitrogens with zero attached hydrogens (tertiary/aromatic N) is 1. The summed E-state index contributed by atoms with van der Waals surface area (Å²) in [6.45, 7) is 3.21. The van der Waals surface area contributed by atoms with Gasteiger partial charge in [-0.25, -0.2) is 4.21 Å². The zero-order valence-electron chi connectivity index (χ0n) is 15.1. The summed E-state index contributed by atoms with van der Waals surface area (Å²) in [6.07, 6.45) is -0.154. The maximum absolute atomic E-state index is 13.5. The zero-order valence-corrected chi connectivity index (χ0v) is 17.6.